The third kappa shape index (κ3) is 4.11. The fourth-order valence-corrected chi connectivity index (χ4v) is 4.47. The van der Waals surface area contributed by atoms with Crippen LogP contribution in [0.15, 0.2) is 60.9 Å². The number of nitrogens with zero attached hydrogens (tertiary/aromatic N) is 3. The average molecular weight is 445 g/mol. The van der Waals surface area contributed by atoms with Gasteiger partial charge in [-0.05, 0) is 42.3 Å². The molecule has 0 saturated carbocycles. The number of carbonyl (C=O) groups excluding carboxylic acids is 2. The van der Waals surface area contributed by atoms with Crippen LogP contribution in [0.25, 0.3) is 10.9 Å². The number of amides is 2. The van der Waals surface area contributed by atoms with Crippen molar-refractivity contribution in [3.8, 4) is 0 Å². The van der Waals surface area contributed by atoms with Gasteiger partial charge in [-0.15, -0.1) is 0 Å². The van der Waals surface area contributed by atoms with Gasteiger partial charge in [0.15, 0.2) is 0 Å². The summed E-state index contributed by atoms with van der Waals surface area (Å²) in [5.41, 5.74) is 3.98. The van der Waals surface area contributed by atoms with Crippen molar-refractivity contribution in [3.63, 3.8) is 0 Å². The highest BCUT2D eigenvalue weighted by molar-refractivity contribution is 5.95. The number of halogens is 1. The lowest BCUT2D eigenvalue weighted by atomic mass is 9.95. The first-order valence-corrected chi connectivity index (χ1v) is 10.9. The molecule has 4 aromatic rings. The van der Waals surface area contributed by atoms with E-state index in [0.717, 1.165) is 22.0 Å². The van der Waals surface area contributed by atoms with Crippen LogP contribution in [0.1, 0.15) is 33.1 Å². The van der Waals surface area contributed by atoms with Crippen molar-refractivity contribution < 1.29 is 14.0 Å². The van der Waals surface area contributed by atoms with Crippen LogP contribution in [0, 0.1) is 5.82 Å². The van der Waals surface area contributed by atoms with E-state index in [1.54, 1.807) is 27.8 Å². The van der Waals surface area contributed by atoms with Gasteiger partial charge in [0.05, 0.1) is 11.6 Å². The van der Waals surface area contributed by atoms with E-state index in [4.69, 9.17) is 0 Å². The fraction of sp³-hybridized carbons (Fsp3) is 0.240. The van der Waals surface area contributed by atoms with Crippen molar-refractivity contribution >= 4 is 22.7 Å². The number of rotatable bonds is 5. The maximum Gasteiger partial charge on any atom is 0.254 e. The first-order valence-electron chi connectivity index (χ1n) is 10.9. The monoisotopic (exact) mass is 445 g/mol. The van der Waals surface area contributed by atoms with Crippen molar-refractivity contribution in [3.05, 3.63) is 89.1 Å². The van der Waals surface area contributed by atoms with Gasteiger partial charge in [-0.3, -0.25) is 14.3 Å². The standard InChI is InChI=1S/C25H24FN5O2/c1-30-13-18-14-31(25(33)16-5-3-2-4-6-16)15-21(23(18)29-30)24(32)27-10-9-17-12-28-22-8-7-19(26)11-20(17)22/h2-8,11-13,21,28H,9-10,14-15H2,1H3,(H,27,32)/t21-/m0/s1. The number of aromatic amines is 1. The Bertz CT molecular complexity index is 1330. The summed E-state index contributed by atoms with van der Waals surface area (Å²) in [5, 5.41) is 8.30. The third-order valence-corrected chi connectivity index (χ3v) is 6.08. The fourth-order valence-electron chi connectivity index (χ4n) is 4.47. The quantitative estimate of drug-likeness (QED) is 0.495. The van der Waals surface area contributed by atoms with Gasteiger partial charge in [-0.2, -0.15) is 5.10 Å². The lowest BCUT2D eigenvalue weighted by Crippen LogP contribution is -2.44. The van der Waals surface area contributed by atoms with E-state index < -0.39 is 5.92 Å². The van der Waals surface area contributed by atoms with Crippen LogP contribution >= 0.6 is 0 Å². The van der Waals surface area contributed by atoms with E-state index in [1.807, 2.05) is 37.6 Å². The molecule has 0 bridgehead atoms. The summed E-state index contributed by atoms with van der Waals surface area (Å²) >= 11 is 0. The predicted molar refractivity (Wildman–Crippen MR) is 122 cm³/mol. The van der Waals surface area contributed by atoms with Gasteiger partial charge in [-0.1, -0.05) is 18.2 Å². The minimum atomic E-state index is -0.553. The second kappa shape index (κ2) is 8.54. The molecule has 0 saturated heterocycles. The van der Waals surface area contributed by atoms with Gasteiger partial charge >= 0.3 is 0 Å². The molecular weight excluding hydrogens is 421 g/mol. The van der Waals surface area contributed by atoms with Crippen LogP contribution in [-0.2, 0) is 24.8 Å². The number of carbonyl (C=O) groups is 2. The van der Waals surface area contributed by atoms with E-state index in [-0.39, 0.29) is 24.2 Å². The Kier molecular flexibility index (Phi) is 5.42. The zero-order valence-corrected chi connectivity index (χ0v) is 18.2. The molecule has 3 heterocycles. The van der Waals surface area contributed by atoms with Crippen LogP contribution in [0.2, 0.25) is 0 Å². The van der Waals surface area contributed by atoms with Gasteiger partial charge in [0.2, 0.25) is 5.91 Å². The van der Waals surface area contributed by atoms with Crippen molar-refractivity contribution in [2.75, 3.05) is 13.1 Å². The number of hydrogen-bond donors (Lipinski definition) is 2. The van der Waals surface area contributed by atoms with Crippen molar-refractivity contribution in [1.29, 1.82) is 0 Å². The Hall–Kier alpha value is -3.94. The zero-order chi connectivity index (χ0) is 22.9. The average Bonchev–Trinajstić information content (AvgIpc) is 3.40. The molecule has 0 spiro atoms. The Morgan fingerprint density at radius 3 is 2.85 bits per heavy atom. The second-order valence-electron chi connectivity index (χ2n) is 8.36. The number of H-pyrrole nitrogens is 1. The summed E-state index contributed by atoms with van der Waals surface area (Å²) in [6.07, 6.45) is 4.26. The molecule has 2 N–H and O–H groups in total. The molecule has 7 nitrogen and oxygen atoms in total. The molecule has 33 heavy (non-hydrogen) atoms. The highest BCUT2D eigenvalue weighted by Gasteiger charge is 2.35. The molecule has 8 heteroatoms. The maximum atomic E-state index is 13.6. The van der Waals surface area contributed by atoms with Crippen LogP contribution in [0.5, 0.6) is 0 Å². The lowest BCUT2D eigenvalue weighted by Gasteiger charge is -2.31. The van der Waals surface area contributed by atoms with E-state index in [9.17, 15) is 14.0 Å². The molecule has 168 valence electrons. The Labute approximate surface area is 190 Å². The Morgan fingerprint density at radius 2 is 2.03 bits per heavy atom. The minimum absolute atomic E-state index is 0.108. The summed E-state index contributed by atoms with van der Waals surface area (Å²) < 4.78 is 15.3. The van der Waals surface area contributed by atoms with Gasteiger partial charge in [0, 0.05) is 61.1 Å². The molecule has 1 aliphatic heterocycles. The number of fused-ring (bicyclic) bond motifs is 2. The van der Waals surface area contributed by atoms with Crippen molar-refractivity contribution in [1.82, 2.24) is 25.0 Å². The van der Waals surface area contributed by atoms with E-state index in [1.165, 1.54) is 12.1 Å². The molecule has 0 unspecified atom stereocenters. The predicted octanol–water partition coefficient (Wildman–Crippen LogP) is 3.14. The Morgan fingerprint density at radius 1 is 1.21 bits per heavy atom. The molecule has 0 aliphatic carbocycles. The SMILES string of the molecule is Cn1cc2c(n1)[C@@H](C(=O)NCCc1c[nH]c3ccc(F)cc13)CN(C(=O)c1ccccc1)C2. The Balaban J connectivity index is 1.30. The third-order valence-electron chi connectivity index (χ3n) is 6.08. The van der Waals surface area contributed by atoms with Gasteiger partial charge in [0.1, 0.15) is 5.82 Å². The van der Waals surface area contributed by atoms with Crippen LogP contribution < -0.4 is 5.32 Å². The number of aromatic nitrogens is 3. The van der Waals surface area contributed by atoms with Crippen LogP contribution in [0.4, 0.5) is 4.39 Å². The summed E-state index contributed by atoms with van der Waals surface area (Å²) in [4.78, 5) is 31.0. The van der Waals surface area contributed by atoms with Crippen LogP contribution in [-0.4, -0.2) is 44.6 Å². The molecule has 2 aromatic heterocycles. The number of aryl methyl sites for hydroxylation is 1. The molecule has 0 radical (unpaired) electrons. The molecule has 0 fully saturated rings. The number of hydrogen-bond acceptors (Lipinski definition) is 3. The first-order chi connectivity index (χ1) is 16.0. The minimum Gasteiger partial charge on any atom is -0.361 e. The lowest BCUT2D eigenvalue weighted by molar-refractivity contribution is -0.123. The smallest absolute Gasteiger partial charge is 0.254 e. The van der Waals surface area contributed by atoms with Crippen molar-refractivity contribution in [2.45, 2.75) is 18.9 Å². The maximum absolute atomic E-state index is 13.6. The molecule has 1 aliphatic rings. The zero-order valence-electron chi connectivity index (χ0n) is 18.2. The van der Waals surface area contributed by atoms with Gasteiger partial charge in [0.25, 0.3) is 5.91 Å². The molecular formula is C25H24FN5O2. The molecule has 1 atom stereocenters. The summed E-state index contributed by atoms with van der Waals surface area (Å²) in [6.45, 7) is 1.08. The summed E-state index contributed by atoms with van der Waals surface area (Å²) in [5.74, 6) is -1.13. The number of nitrogens with one attached hydrogen (secondary N) is 2. The first kappa shape index (κ1) is 20.9. The second-order valence-corrected chi connectivity index (χ2v) is 8.36. The molecule has 5 rings (SSSR count). The molecule has 2 amide bonds. The van der Waals surface area contributed by atoms with E-state index in [0.29, 0.717) is 30.8 Å². The highest BCUT2D eigenvalue weighted by Crippen LogP contribution is 2.28. The largest absolute Gasteiger partial charge is 0.361 e. The highest BCUT2D eigenvalue weighted by atomic mass is 19.1. The van der Waals surface area contributed by atoms with Crippen molar-refractivity contribution in [2.24, 2.45) is 7.05 Å². The summed E-state index contributed by atoms with van der Waals surface area (Å²) in [6, 6.07) is 13.7. The van der Waals surface area contributed by atoms with E-state index in [2.05, 4.69) is 15.4 Å². The van der Waals surface area contributed by atoms with Gasteiger partial charge < -0.3 is 15.2 Å². The number of benzene rings is 2. The van der Waals surface area contributed by atoms with E-state index >= 15 is 0 Å². The molecule has 2 aromatic carbocycles. The van der Waals surface area contributed by atoms with Gasteiger partial charge in [-0.25, -0.2) is 4.39 Å². The summed E-state index contributed by atoms with van der Waals surface area (Å²) in [7, 11) is 1.81. The topological polar surface area (TPSA) is 83.0 Å². The van der Waals surface area contributed by atoms with Crippen LogP contribution in [0.3, 0.4) is 0 Å². The normalized spacial score (nSPS) is 15.5.